The molecule has 2 N–H and O–H groups in total. The average Bonchev–Trinajstić information content (AvgIpc) is 2.38. The average molecular weight is 251 g/mol. The maximum absolute atomic E-state index is 11.7. The molecule has 0 radical (unpaired) electrons. The molecule has 0 fully saturated rings. The molecule has 1 aromatic carbocycles. The third-order valence-corrected chi connectivity index (χ3v) is 2.38. The largest absolute Gasteiger partial charge is 0.508 e. The molecule has 1 unspecified atom stereocenters. The van der Waals surface area contributed by atoms with Gasteiger partial charge in [-0.3, -0.25) is 4.79 Å². The van der Waals surface area contributed by atoms with Crippen LogP contribution < -0.4 is 5.32 Å². The number of ether oxygens (including phenoxy) is 1. The van der Waals surface area contributed by atoms with Gasteiger partial charge in [-0.25, -0.2) is 4.79 Å². The van der Waals surface area contributed by atoms with Crippen molar-refractivity contribution in [1.82, 2.24) is 5.32 Å². The van der Waals surface area contributed by atoms with Crippen molar-refractivity contribution in [2.45, 2.75) is 25.8 Å². The van der Waals surface area contributed by atoms with Crippen molar-refractivity contribution < 1.29 is 19.4 Å². The molecule has 0 saturated heterocycles. The highest BCUT2D eigenvalue weighted by Crippen LogP contribution is 2.11. The summed E-state index contributed by atoms with van der Waals surface area (Å²) < 4.78 is 4.99. The van der Waals surface area contributed by atoms with Crippen molar-refractivity contribution in [2.75, 3.05) is 6.61 Å². The predicted octanol–water partition coefficient (Wildman–Crippen LogP) is 1.00. The topological polar surface area (TPSA) is 75.6 Å². The Balaban J connectivity index is 2.64. The third-order valence-electron chi connectivity index (χ3n) is 2.38. The Kier molecular flexibility index (Phi) is 5.70. The molecule has 0 heterocycles. The van der Waals surface area contributed by atoms with E-state index in [1.807, 2.05) is 6.92 Å². The fraction of sp³-hybridized carbons (Fsp3) is 0.385. The molecule has 0 bridgehead atoms. The van der Waals surface area contributed by atoms with Gasteiger partial charge >= 0.3 is 5.97 Å². The summed E-state index contributed by atoms with van der Waals surface area (Å²) in [6.07, 6.45) is 1.55. The van der Waals surface area contributed by atoms with Gasteiger partial charge in [0.05, 0.1) is 6.61 Å². The first-order valence-corrected chi connectivity index (χ1v) is 5.81. The minimum atomic E-state index is -0.696. The zero-order chi connectivity index (χ0) is 13.4. The Morgan fingerprint density at radius 3 is 2.67 bits per heavy atom. The number of phenolic OH excluding ortho intramolecular Hbond substituents is 1. The van der Waals surface area contributed by atoms with Gasteiger partial charge < -0.3 is 15.2 Å². The second-order valence-corrected chi connectivity index (χ2v) is 3.88. The van der Waals surface area contributed by atoms with Gasteiger partial charge in [-0.1, -0.05) is 19.1 Å². The van der Waals surface area contributed by atoms with E-state index in [1.165, 1.54) is 12.1 Å². The lowest BCUT2D eigenvalue weighted by atomic mass is 10.1. The predicted molar refractivity (Wildman–Crippen MR) is 66.0 cm³/mol. The number of nitrogens with one attached hydrogen (secondary N) is 1. The standard InChI is InChI=1S/C13H17NO4/c1-2-7-18-13(17)12(14-9-15)8-10-3-5-11(16)6-4-10/h3-6,9,12,16H,2,7-8H2,1H3,(H,14,15). The van der Waals surface area contributed by atoms with E-state index in [2.05, 4.69) is 5.32 Å². The van der Waals surface area contributed by atoms with Gasteiger partial charge in [0.2, 0.25) is 6.41 Å². The summed E-state index contributed by atoms with van der Waals surface area (Å²) in [4.78, 5) is 22.1. The Morgan fingerprint density at radius 1 is 1.44 bits per heavy atom. The van der Waals surface area contributed by atoms with Crippen molar-refractivity contribution >= 4 is 12.4 Å². The minimum absolute atomic E-state index is 0.159. The molecule has 5 heteroatoms. The van der Waals surface area contributed by atoms with Crippen LogP contribution in [0.1, 0.15) is 18.9 Å². The number of aromatic hydroxyl groups is 1. The van der Waals surface area contributed by atoms with Crippen LogP contribution in [0.3, 0.4) is 0 Å². The first-order chi connectivity index (χ1) is 8.67. The van der Waals surface area contributed by atoms with Crippen LogP contribution >= 0.6 is 0 Å². The van der Waals surface area contributed by atoms with Crippen molar-refractivity contribution in [3.8, 4) is 5.75 Å². The smallest absolute Gasteiger partial charge is 0.328 e. The second-order valence-electron chi connectivity index (χ2n) is 3.88. The highest BCUT2D eigenvalue weighted by molar-refractivity contribution is 5.78. The fourth-order valence-corrected chi connectivity index (χ4v) is 1.46. The summed E-state index contributed by atoms with van der Waals surface area (Å²) in [5.74, 6) is -0.288. The number of benzene rings is 1. The number of hydrogen-bond donors (Lipinski definition) is 2. The normalized spacial score (nSPS) is 11.6. The van der Waals surface area contributed by atoms with Gasteiger partial charge in [0.25, 0.3) is 0 Å². The van der Waals surface area contributed by atoms with E-state index in [0.717, 1.165) is 12.0 Å². The van der Waals surface area contributed by atoms with Gasteiger partial charge in [-0.15, -0.1) is 0 Å². The second kappa shape index (κ2) is 7.32. The number of carbonyl (C=O) groups is 2. The molecular formula is C13H17NO4. The summed E-state index contributed by atoms with van der Waals surface area (Å²) in [5, 5.41) is 11.6. The van der Waals surface area contributed by atoms with Crippen LogP contribution in [0.5, 0.6) is 5.75 Å². The highest BCUT2D eigenvalue weighted by Gasteiger charge is 2.19. The number of carbonyl (C=O) groups excluding carboxylic acids is 2. The number of phenols is 1. The van der Waals surface area contributed by atoms with Crippen LogP contribution in [0.4, 0.5) is 0 Å². The van der Waals surface area contributed by atoms with E-state index >= 15 is 0 Å². The van der Waals surface area contributed by atoms with E-state index in [1.54, 1.807) is 12.1 Å². The lowest BCUT2D eigenvalue weighted by molar-refractivity contribution is -0.147. The highest BCUT2D eigenvalue weighted by atomic mass is 16.5. The number of amides is 1. The fourth-order valence-electron chi connectivity index (χ4n) is 1.46. The first-order valence-electron chi connectivity index (χ1n) is 5.81. The lowest BCUT2D eigenvalue weighted by Crippen LogP contribution is -2.39. The number of rotatable bonds is 7. The van der Waals surface area contributed by atoms with Crippen LogP contribution in [0.15, 0.2) is 24.3 Å². The third kappa shape index (κ3) is 4.45. The van der Waals surface area contributed by atoms with Crippen LogP contribution in [0, 0.1) is 0 Å². The molecule has 0 spiro atoms. The Hall–Kier alpha value is -2.04. The van der Waals surface area contributed by atoms with Gasteiger partial charge in [-0.05, 0) is 24.1 Å². The molecule has 0 aliphatic heterocycles. The van der Waals surface area contributed by atoms with E-state index in [4.69, 9.17) is 9.84 Å². The summed E-state index contributed by atoms with van der Waals surface area (Å²) in [5.41, 5.74) is 0.834. The number of esters is 1. The molecule has 0 aromatic heterocycles. The molecule has 0 saturated carbocycles. The maximum atomic E-state index is 11.7. The van der Waals surface area contributed by atoms with Gasteiger partial charge in [0.15, 0.2) is 0 Å². The molecule has 1 atom stereocenters. The maximum Gasteiger partial charge on any atom is 0.328 e. The monoisotopic (exact) mass is 251 g/mol. The van der Waals surface area contributed by atoms with E-state index < -0.39 is 12.0 Å². The molecule has 1 rings (SSSR count). The van der Waals surface area contributed by atoms with Crippen molar-refractivity contribution in [3.63, 3.8) is 0 Å². The molecule has 0 aliphatic carbocycles. The van der Waals surface area contributed by atoms with E-state index in [-0.39, 0.29) is 5.75 Å². The Labute approximate surface area is 106 Å². The van der Waals surface area contributed by atoms with Crippen LogP contribution in [-0.2, 0) is 20.7 Å². The van der Waals surface area contributed by atoms with Crippen molar-refractivity contribution in [3.05, 3.63) is 29.8 Å². The van der Waals surface area contributed by atoms with E-state index in [9.17, 15) is 9.59 Å². The first kappa shape index (κ1) is 14.0. The van der Waals surface area contributed by atoms with Gasteiger partial charge in [0, 0.05) is 6.42 Å². The molecule has 5 nitrogen and oxygen atoms in total. The van der Waals surface area contributed by atoms with Crippen molar-refractivity contribution in [2.24, 2.45) is 0 Å². The number of hydrogen-bond acceptors (Lipinski definition) is 4. The lowest BCUT2D eigenvalue weighted by Gasteiger charge is -2.15. The summed E-state index contributed by atoms with van der Waals surface area (Å²) >= 11 is 0. The van der Waals surface area contributed by atoms with Crippen molar-refractivity contribution in [1.29, 1.82) is 0 Å². The van der Waals surface area contributed by atoms with E-state index in [0.29, 0.717) is 19.4 Å². The molecule has 0 aliphatic rings. The summed E-state index contributed by atoms with van der Waals surface area (Å²) in [6.45, 7) is 2.24. The van der Waals surface area contributed by atoms with Gasteiger partial charge in [0.1, 0.15) is 11.8 Å². The molecule has 98 valence electrons. The molecule has 18 heavy (non-hydrogen) atoms. The summed E-state index contributed by atoms with van der Waals surface area (Å²) in [6, 6.07) is 5.76. The van der Waals surface area contributed by atoms with Crippen LogP contribution in [-0.4, -0.2) is 30.1 Å². The molecule has 1 aromatic rings. The summed E-state index contributed by atoms with van der Waals surface area (Å²) in [7, 11) is 0. The zero-order valence-electron chi connectivity index (χ0n) is 10.3. The van der Waals surface area contributed by atoms with Crippen LogP contribution in [0.2, 0.25) is 0 Å². The molecule has 1 amide bonds. The van der Waals surface area contributed by atoms with Crippen LogP contribution in [0.25, 0.3) is 0 Å². The molecular weight excluding hydrogens is 234 g/mol. The SMILES string of the molecule is CCCOC(=O)C(Cc1ccc(O)cc1)NC=O. The Bertz CT molecular complexity index is 388. The minimum Gasteiger partial charge on any atom is -0.508 e. The van der Waals surface area contributed by atoms with Gasteiger partial charge in [-0.2, -0.15) is 0 Å². The quantitative estimate of drug-likeness (QED) is 0.560. The Morgan fingerprint density at radius 2 is 2.11 bits per heavy atom. The zero-order valence-corrected chi connectivity index (χ0v) is 10.3.